The molecular formula is C31H25N3O4S. The lowest BCUT2D eigenvalue weighted by Crippen LogP contribution is -2.40. The largest absolute Gasteiger partial charge is 0.486 e. The van der Waals surface area contributed by atoms with Crippen LogP contribution in [0, 0.1) is 0 Å². The van der Waals surface area contributed by atoms with Crippen molar-refractivity contribution in [2.45, 2.75) is 19.1 Å². The van der Waals surface area contributed by atoms with E-state index < -0.39 is 0 Å². The van der Waals surface area contributed by atoms with Crippen molar-refractivity contribution in [2.24, 2.45) is 0 Å². The number of carbonyl (C=O) groups excluding carboxylic acids is 2. The molecule has 3 aromatic carbocycles. The van der Waals surface area contributed by atoms with Gasteiger partial charge in [-0.3, -0.25) is 9.59 Å². The molecule has 1 atom stereocenters. The minimum Gasteiger partial charge on any atom is -0.486 e. The van der Waals surface area contributed by atoms with Crippen molar-refractivity contribution >= 4 is 28.8 Å². The molecule has 8 heteroatoms. The molecule has 0 spiro atoms. The van der Waals surface area contributed by atoms with Crippen LogP contribution in [-0.4, -0.2) is 28.2 Å². The third-order valence-electron chi connectivity index (χ3n) is 6.63. The van der Waals surface area contributed by atoms with Crippen LogP contribution in [0.15, 0.2) is 107 Å². The van der Waals surface area contributed by atoms with Gasteiger partial charge in [-0.1, -0.05) is 54.6 Å². The minimum atomic E-state index is -0.274. The molecule has 1 aliphatic heterocycles. The average molecular weight is 536 g/mol. The number of nitrogens with one attached hydrogen (secondary N) is 1. The normalized spacial score (nSPS) is 14.5. The highest BCUT2D eigenvalue weighted by Crippen LogP contribution is 2.38. The third-order valence-corrected chi connectivity index (χ3v) is 7.45. The number of fused-ring (bicyclic) bond motifs is 1. The first-order valence-electron chi connectivity index (χ1n) is 12.6. The van der Waals surface area contributed by atoms with Crippen molar-refractivity contribution in [1.29, 1.82) is 0 Å². The molecule has 6 rings (SSSR count). The molecule has 5 aromatic rings. The standard InChI is InChI=1S/C31H25N3O4S/c35-30(32-23-10-5-2-6-11-23)26-20-39-28(33-26)19-38-24-14-13-21-15-16-34(31(36)27-12-7-17-37-27)29(25(21)18-24)22-8-3-1-4-9-22/h1-14,17-18,20,29H,15-16,19H2,(H,32,35). The van der Waals surface area contributed by atoms with Crippen LogP contribution in [0.5, 0.6) is 5.75 Å². The Bertz CT molecular complexity index is 1580. The maximum Gasteiger partial charge on any atom is 0.290 e. The first-order chi connectivity index (χ1) is 19.2. The van der Waals surface area contributed by atoms with Gasteiger partial charge in [0.2, 0.25) is 0 Å². The highest BCUT2D eigenvalue weighted by Gasteiger charge is 2.34. The number of nitrogens with zero attached hydrogens (tertiary/aromatic N) is 2. The van der Waals surface area contributed by atoms with E-state index in [1.165, 1.54) is 23.2 Å². The van der Waals surface area contributed by atoms with E-state index in [9.17, 15) is 9.59 Å². The van der Waals surface area contributed by atoms with E-state index >= 15 is 0 Å². The van der Waals surface area contributed by atoms with Gasteiger partial charge in [0.15, 0.2) is 5.76 Å². The summed E-state index contributed by atoms with van der Waals surface area (Å²) in [5.74, 6) is 0.592. The molecule has 0 aliphatic carbocycles. The summed E-state index contributed by atoms with van der Waals surface area (Å²) in [6, 6.07) is 28.4. The number of rotatable bonds is 7. The van der Waals surface area contributed by atoms with Gasteiger partial charge in [-0.25, -0.2) is 4.98 Å². The van der Waals surface area contributed by atoms with Crippen LogP contribution in [0.25, 0.3) is 0 Å². The summed E-state index contributed by atoms with van der Waals surface area (Å²) in [7, 11) is 0. The van der Waals surface area contributed by atoms with Gasteiger partial charge in [-0.2, -0.15) is 0 Å². The highest BCUT2D eigenvalue weighted by molar-refractivity contribution is 7.09. The molecule has 39 heavy (non-hydrogen) atoms. The zero-order valence-electron chi connectivity index (χ0n) is 20.9. The van der Waals surface area contributed by atoms with E-state index in [1.807, 2.05) is 77.7 Å². The van der Waals surface area contributed by atoms with E-state index in [1.54, 1.807) is 17.5 Å². The molecule has 1 N–H and O–H groups in total. The van der Waals surface area contributed by atoms with Gasteiger partial charge in [0, 0.05) is 17.6 Å². The van der Waals surface area contributed by atoms with Crippen molar-refractivity contribution < 1.29 is 18.7 Å². The lowest BCUT2D eigenvalue weighted by atomic mass is 9.87. The number of benzene rings is 3. The number of aromatic nitrogens is 1. The summed E-state index contributed by atoms with van der Waals surface area (Å²) in [5, 5.41) is 5.27. The summed E-state index contributed by atoms with van der Waals surface area (Å²) in [4.78, 5) is 32.3. The van der Waals surface area contributed by atoms with Gasteiger partial charge in [0.05, 0.1) is 12.3 Å². The maximum atomic E-state index is 13.4. The molecule has 2 amide bonds. The zero-order valence-corrected chi connectivity index (χ0v) is 21.8. The van der Waals surface area contributed by atoms with Crippen LogP contribution >= 0.6 is 11.3 Å². The summed E-state index contributed by atoms with van der Waals surface area (Å²) in [6.07, 6.45) is 2.25. The summed E-state index contributed by atoms with van der Waals surface area (Å²) < 4.78 is 11.5. The van der Waals surface area contributed by atoms with Crippen LogP contribution in [0.3, 0.4) is 0 Å². The number of thiazole rings is 1. The predicted molar refractivity (Wildman–Crippen MR) is 149 cm³/mol. The van der Waals surface area contributed by atoms with E-state index in [2.05, 4.69) is 16.4 Å². The molecule has 0 saturated heterocycles. The van der Waals surface area contributed by atoms with Crippen molar-refractivity contribution in [3.8, 4) is 5.75 Å². The number of furan rings is 1. The second-order valence-electron chi connectivity index (χ2n) is 9.13. The summed E-state index contributed by atoms with van der Waals surface area (Å²) in [5.41, 5.74) is 4.28. The fourth-order valence-electron chi connectivity index (χ4n) is 4.78. The van der Waals surface area contributed by atoms with Gasteiger partial charge in [0.25, 0.3) is 11.8 Å². The van der Waals surface area contributed by atoms with E-state index in [4.69, 9.17) is 9.15 Å². The zero-order chi connectivity index (χ0) is 26.6. The number of para-hydroxylation sites is 1. The monoisotopic (exact) mass is 535 g/mol. The quantitative estimate of drug-likeness (QED) is 0.262. The Morgan fingerprint density at radius 3 is 2.56 bits per heavy atom. The van der Waals surface area contributed by atoms with Crippen LogP contribution < -0.4 is 10.1 Å². The molecule has 3 heterocycles. The minimum absolute atomic E-state index is 0.144. The maximum absolute atomic E-state index is 13.4. The second kappa shape index (κ2) is 11.0. The third kappa shape index (κ3) is 5.32. The molecule has 7 nitrogen and oxygen atoms in total. The van der Waals surface area contributed by atoms with Crippen LogP contribution in [0.2, 0.25) is 0 Å². The SMILES string of the molecule is O=C(Nc1ccccc1)c1csc(COc2ccc3c(c2)C(c2ccccc2)N(C(=O)c2ccco2)CC3)n1. The second-order valence-corrected chi connectivity index (χ2v) is 10.1. The van der Waals surface area contributed by atoms with Crippen molar-refractivity contribution in [2.75, 3.05) is 11.9 Å². The fourth-order valence-corrected chi connectivity index (χ4v) is 5.47. The van der Waals surface area contributed by atoms with Crippen LogP contribution in [0.1, 0.15) is 48.8 Å². The molecule has 0 bridgehead atoms. The average Bonchev–Trinajstić information content (AvgIpc) is 3.69. The Morgan fingerprint density at radius 2 is 1.79 bits per heavy atom. The highest BCUT2D eigenvalue weighted by atomic mass is 32.1. The Kier molecular flexibility index (Phi) is 6.93. The molecule has 1 unspecified atom stereocenters. The molecule has 194 valence electrons. The summed E-state index contributed by atoms with van der Waals surface area (Å²) in [6.45, 7) is 0.812. The van der Waals surface area contributed by atoms with E-state index in [0.717, 1.165) is 23.2 Å². The first-order valence-corrected chi connectivity index (χ1v) is 13.5. The Balaban J connectivity index is 1.21. The number of amides is 2. The molecule has 0 fully saturated rings. The topological polar surface area (TPSA) is 84.7 Å². The van der Waals surface area contributed by atoms with Gasteiger partial charge in [-0.15, -0.1) is 11.3 Å². The van der Waals surface area contributed by atoms with E-state index in [0.29, 0.717) is 28.8 Å². The van der Waals surface area contributed by atoms with Gasteiger partial charge in [-0.05, 0) is 59.5 Å². The molecule has 0 radical (unpaired) electrons. The van der Waals surface area contributed by atoms with Gasteiger partial charge < -0.3 is 19.4 Å². The first kappa shape index (κ1) is 24.6. The molecule has 0 saturated carbocycles. The Morgan fingerprint density at radius 1 is 1.00 bits per heavy atom. The molecule has 2 aromatic heterocycles. The van der Waals surface area contributed by atoms with Crippen molar-refractivity contribution in [1.82, 2.24) is 9.88 Å². The number of hydrogen-bond acceptors (Lipinski definition) is 6. The number of ether oxygens (including phenoxy) is 1. The molecule has 1 aliphatic rings. The van der Waals surface area contributed by atoms with Crippen molar-refractivity contribution in [3.63, 3.8) is 0 Å². The lowest BCUT2D eigenvalue weighted by molar-refractivity contribution is 0.0661. The fraction of sp³-hybridized carbons (Fsp3) is 0.129. The lowest BCUT2D eigenvalue weighted by Gasteiger charge is -2.37. The Hall–Kier alpha value is -4.69. The Labute approximate surface area is 229 Å². The van der Waals surface area contributed by atoms with Crippen LogP contribution in [0.4, 0.5) is 5.69 Å². The molecular weight excluding hydrogens is 510 g/mol. The van der Waals surface area contributed by atoms with Gasteiger partial charge in [0.1, 0.15) is 23.1 Å². The van der Waals surface area contributed by atoms with E-state index in [-0.39, 0.29) is 24.5 Å². The number of hydrogen-bond donors (Lipinski definition) is 1. The number of carbonyl (C=O) groups is 2. The van der Waals surface area contributed by atoms with Gasteiger partial charge >= 0.3 is 0 Å². The summed E-state index contributed by atoms with van der Waals surface area (Å²) >= 11 is 1.38. The smallest absolute Gasteiger partial charge is 0.290 e. The van der Waals surface area contributed by atoms with Crippen molar-refractivity contribution in [3.05, 3.63) is 136 Å². The van der Waals surface area contributed by atoms with Crippen LogP contribution in [-0.2, 0) is 13.0 Å². The predicted octanol–water partition coefficient (Wildman–Crippen LogP) is 6.36. The number of anilines is 1.